The number of carbonyl (C=O) groups is 2. The molecule has 0 radical (unpaired) electrons. The maximum Gasteiger partial charge on any atom is 0.490 e. The third-order valence-electron chi connectivity index (χ3n) is 4.98. The third kappa shape index (κ3) is 6.73. The first kappa shape index (κ1) is 27.2. The van der Waals surface area contributed by atoms with Crippen molar-refractivity contribution in [1.82, 2.24) is 5.32 Å². The van der Waals surface area contributed by atoms with Gasteiger partial charge in [-0.05, 0) is 55.2 Å². The van der Waals surface area contributed by atoms with Crippen LogP contribution < -0.4 is 10.0 Å². The zero-order valence-electron chi connectivity index (χ0n) is 17.9. The summed E-state index contributed by atoms with van der Waals surface area (Å²) in [5, 5.41) is 10.4. The summed E-state index contributed by atoms with van der Waals surface area (Å²) in [7, 11) is -3.74. The molecule has 0 atom stereocenters. The van der Waals surface area contributed by atoms with Crippen molar-refractivity contribution in [3.63, 3.8) is 0 Å². The number of aliphatic carboxylic acids is 1. The smallest absolute Gasteiger partial charge is 0.475 e. The molecule has 12 heteroatoms. The average molecular weight is 519 g/mol. The van der Waals surface area contributed by atoms with Crippen molar-refractivity contribution in [1.29, 1.82) is 0 Å². The first-order valence-electron chi connectivity index (χ1n) is 9.82. The minimum Gasteiger partial charge on any atom is -0.475 e. The number of hydrogen-bond donors (Lipinski definition) is 3. The molecule has 1 saturated carbocycles. The van der Waals surface area contributed by atoms with Crippen LogP contribution in [-0.4, -0.2) is 38.1 Å². The number of carboxylic acids is 1. The summed E-state index contributed by atoms with van der Waals surface area (Å²) in [5.41, 5.74) is 1.61. The topological polar surface area (TPSA) is 113 Å². The SMILES string of the molecule is C=CCNC(=O)C1(c2ccc(NS(=O)(=O)c3ccc(C)c(Cl)c3)cc2)CC1.O=C(O)C(F)(F)F. The van der Waals surface area contributed by atoms with Crippen molar-refractivity contribution in [3.8, 4) is 0 Å². The highest BCUT2D eigenvalue weighted by atomic mass is 35.5. The van der Waals surface area contributed by atoms with E-state index < -0.39 is 27.6 Å². The zero-order valence-corrected chi connectivity index (χ0v) is 19.5. The molecule has 2 aromatic rings. The number of carboxylic acid groups (broad SMARTS) is 1. The van der Waals surface area contributed by atoms with Crippen LogP contribution in [0.3, 0.4) is 0 Å². The maximum absolute atomic E-state index is 12.5. The van der Waals surface area contributed by atoms with Gasteiger partial charge < -0.3 is 10.4 Å². The molecule has 0 heterocycles. The number of halogens is 4. The van der Waals surface area contributed by atoms with E-state index in [4.69, 9.17) is 21.5 Å². The predicted octanol–water partition coefficient (Wildman–Crippen LogP) is 4.42. The van der Waals surface area contributed by atoms with Crippen LogP contribution in [0.4, 0.5) is 18.9 Å². The van der Waals surface area contributed by atoms with Crippen LogP contribution in [0.1, 0.15) is 24.0 Å². The second-order valence-electron chi connectivity index (χ2n) is 7.48. The molecule has 184 valence electrons. The highest BCUT2D eigenvalue weighted by Gasteiger charge is 2.50. The summed E-state index contributed by atoms with van der Waals surface area (Å²) in [6.07, 6.45) is -1.88. The Balaban J connectivity index is 0.000000509. The number of anilines is 1. The molecule has 0 unspecified atom stereocenters. The molecule has 1 aliphatic rings. The first-order valence-corrected chi connectivity index (χ1v) is 11.7. The summed E-state index contributed by atoms with van der Waals surface area (Å²) in [6.45, 7) is 5.84. The molecular weight excluding hydrogens is 497 g/mol. The van der Waals surface area contributed by atoms with Gasteiger partial charge in [0.2, 0.25) is 5.91 Å². The fourth-order valence-corrected chi connectivity index (χ4v) is 4.25. The van der Waals surface area contributed by atoms with E-state index in [1.807, 2.05) is 6.92 Å². The second-order valence-corrected chi connectivity index (χ2v) is 9.57. The van der Waals surface area contributed by atoms with Crippen molar-refractivity contribution in [2.24, 2.45) is 0 Å². The summed E-state index contributed by atoms with van der Waals surface area (Å²) < 4.78 is 59.4. The van der Waals surface area contributed by atoms with Gasteiger partial charge in [0.1, 0.15) is 0 Å². The molecule has 1 aliphatic carbocycles. The summed E-state index contributed by atoms with van der Waals surface area (Å²) >= 11 is 6.03. The van der Waals surface area contributed by atoms with Crippen molar-refractivity contribution >= 4 is 39.2 Å². The molecule has 7 nitrogen and oxygen atoms in total. The third-order valence-corrected chi connectivity index (χ3v) is 6.76. The standard InChI is InChI=1S/C20H21ClN2O3S.C2HF3O2/c1-3-12-22-19(24)20(10-11-20)15-5-7-16(8-6-15)23-27(25,26)17-9-4-14(2)18(21)13-17;3-2(4,5)1(6)7/h3-9,13,23H,1,10-12H2,2H3,(H,22,24);(H,6,7). The van der Waals surface area contributed by atoms with Crippen molar-refractivity contribution in [2.45, 2.75) is 36.3 Å². The highest BCUT2D eigenvalue weighted by molar-refractivity contribution is 7.92. The van der Waals surface area contributed by atoms with Crippen LogP contribution in [-0.2, 0) is 25.0 Å². The van der Waals surface area contributed by atoms with Gasteiger partial charge >= 0.3 is 12.1 Å². The fourth-order valence-electron chi connectivity index (χ4n) is 2.92. The number of alkyl halides is 3. The van der Waals surface area contributed by atoms with Gasteiger partial charge in [0.15, 0.2) is 0 Å². The quantitative estimate of drug-likeness (QED) is 0.470. The van der Waals surface area contributed by atoms with Crippen LogP contribution >= 0.6 is 11.6 Å². The Bertz CT molecular complexity index is 1180. The molecular formula is C22H22ClF3N2O5S. The van der Waals surface area contributed by atoms with Gasteiger partial charge in [0.25, 0.3) is 10.0 Å². The molecule has 3 N–H and O–H groups in total. The largest absolute Gasteiger partial charge is 0.490 e. The molecule has 0 bridgehead atoms. The van der Waals surface area contributed by atoms with E-state index in [0.717, 1.165) is 24.0 Å². The lowest BCUT2D eigenvalue weighted by Crippen LogP contribution is -2.34. The summed E-state index contributed by atoms with van der Waals surface area (Å²) in [4.78, 5) is 21.4. The number of sulfonamides is 1. The normalized spacial score (nSPS) is 14.3. The van der Waals surface area contributed by atoms with Gasteiger partial charge in [-0.1, -0.05) is 35.9 Å². The number of amides is 1. The lowest BCUT2D eigenvalue weighted by Gasteiger charge is -2.16. The van der Waals surface area contributed by atoms with Gasteiger partial charge in [0, 0.05) is 17.3 Å². The number of nitrogens with one attached hydrogen (secondary N) is 2. The zero-order chi connectivity index (χ0) is 25.7. The molecule has 2 aromatic carbocycles. The van der Waals surface area contributed by atoms with E-state index in [1.54, 1.807) is 36.4 Å². The minimum absolute atomic E-state index is 0.0231. The van der Waals surface area contributed by atoms with Crippen LogP contribution in [0.5, 0.6) is 0 Å². The fraction of sp³-hybridized carbons (Fsp3) is 0.273. The monoisotopic (exact) mass is 518 g/mol. The Morgan fingerprint density at radius 2 is 1.74 bits per heavy atom. The molecule has 0 saturated heterocycles. The number of hydrogen-bond acceptors (Lipinski definition) is 4. The van der Waals surface area contributed by atoms with Crippen LogP contribution in [0.2, 0.25) is 5.02 Å². The van der Waals surface area contributed by atoms with Gasteiger partial charge in [0.05, 0.1) is 10.3 Å². The first-order chi connectivity index (χ1) is 15.7. The summed E-state index contributed by atoms with van der Waals surface area (Å²) in [6, 6.07) is 11.5. The lowest BCUT2D eigenvalue weighted by atomic mass is 9.95. The van der Waals surface area contributed by atoms with E-state index in [-0.39, 0.29) is 10.8 Å². The van der Waals surface area contributed by atoms with Crippen molar-refractivity contribution < 1.29 is 36.3 Å². The van der Waals surface area contributed by atoms with E-state index >= 15 is 0 Å². The van der Waals surface area contributed by atoms with Crippen LogP contribution in [0, 0.1) is 6.92 Å². The van der Waals surface area contributed by atoms with Gasteiger partial charge in [-0.2, -0.15) is 13.2 Å². The minimum atomic E-state index is -5.08. The molecule has 34 heavy (non-hydrogen) atoms. The second kappa shape index (κ2) is 10.5. The number of rotatable bonds is 7. The lowest BCUT2D eigenvalue weighted by molar-refractivity contribution is -0.192. The molecule has 0 aromatic heterocycles. The Morgan fingerprint density at radius 3 is 2.18 bits per heavy atom. The Morgan fingerprint density at radius 1 is 1.18 bits per heavy atom. The number of aryl methyl sites for hydroxylation is 1. The number of benzene rings is 2. The maximum atomic E-state index is 12.5. The molecule has 0 spiro atoms. The van der Waals surface area contributed by atoms with Gasteiger partial charge in [-0.3, -0.25) is 9.52 Å². The Labute approximate surface area is 199 Å². The van der Waals surface area contributed by atoms with E-state index in [9.17, 15) is 26.4 Å². The van der Waals surface area contributed by atoms with E-state index in [1.165, 1.54) is 12.1 Å². The highest BCUT2D eigenvalue weighted by Crippen LogP contribution is 2.48. The molecule has 1 amide bonds. The van der Waals surface area contributed by atoms with Gasteiger partial charge in [-0.25, -0.2) is 13.2 Å². The predicted molar refractivity (Wildman–Crippen MR) is 121 cm³/mol. The molecule has 1 fully saturated rings. The average Bonchev–Trinajstić information content (AvgIpc) is 3.56. The van der Waals surface area contributed by atoms with Crippen LogP contribution in [0.15, 0.2) is 60.0 Å². The van der Waals surface area contributed by atoms with E-state index in [2.05, 4.69) is 16.6 Å². The number of carbonyl (C=O) groups excluding carboxylic acids is 1. The molecule has 0 aliphatic heterocycles. The molecule has 3 rings (SSSR count). The van der Waals surface area contributed by atoms with E-state index in [0.29, 0.717) is 17.3 Å². The Kier molecular flexibility index (Phi) is 8.38. The van der Waals surface area contributed by atoms with Crippen molar-refractivity contribution in [3.05, 3.63) is 71.3 Å². The van der Waals surface area contributed by atoms with Crippen molar-refractivity contribution in [2.75, 3.05) is 11.3 Å². The van der Waals surface area contributed by atoms with Gasteiger partial charge in [-0.15, -0.1) is 6.58 Å². The Hall–Kier alpha value is -3.05. The van der Waals surface area contributed by atoms with Crippen LogP contribution in [0.25, 0.3) is 0 Å². The summed E-state index contributed by atoms with van der Waals surface area (Å²) in [5.74, 6) is -2.78.